The molecule has 1 aromatic carbocycles. The summed E-state index contributed by atoms with van der Waals surface area (Å²) in [6.07, 6.45) is -0.588. The molecule has 1 N–H and O–H groups in total. The molecule has 16 heavy (non-hydrogen) atoms. The minimum atomic E-state index is -1.09. The lowest BCUT2D eigenvalue weighted by Crippen LogP contribution is -2.37. The fourth-order valence-corrected chi connectivity index (χ4v) is 0.992. The Hall–Kier alpha value is -1.49. The van der Waals surface area contributed by atoms with Crippen LogP contribution in [0.25, 0.3) is 0 Å². The van der Waals surface area contributed by atoms with Gasteiger partial charge >= 0.3 is 0 Å². The third-order valence-electron chi connectivity index (χ3n) is 2.32. The van der Waals surface area contributed by atoms with Crippen LogP contribution < -0.4 is 4.74 Å². The van der Waals surface area contributed by atoms with Crippen LogP contribution in [0.1, 0.15) is 20.8 Å². The number of nitroso groups, excluding NO2 is 1. The highest BCUT2D eigenvalue weighted by molar-refractivity contribution is 5.51. The van der Waals surface area contributed by atoms with Crippen LogP contribution >= 0.6 is 0 Å². The van der Waals surface area contributed by atoms with E-state index in [9.17, 15) is 14.4 Å². The summed E-state index contributed by atoms with van der Waals surface area (Å²) in [4.78, 5) is 10.5. The number of aliphatic hydroxyl groups is 1. The van der Waals surface area contributed by atoms with Gasteiger partial charge in [-0.2, -0.15) is 0 Å². The Bertz CT molecular complexity index is 387. The standard InChI is InChI=1S/C11H14FNO3/c1-7(11(2,3)14)16-10-6-8(12)4-5-9(10)13-15/h4-7,14H,1-3H3. The number of nitrogens with zero attached hydrogens (tertiary/aromatic N) is 1. The molecule has 1 rings (SSSR count). The fourth-order valence-electron chi connectivity index (χ4n) is 0.992. The smallest absolute Gasteiger partial charge is 0.151 e. The van der Waals surface area contributed by atoms with Crippen molar-refractivity contribution >= 4 is 5.69 Å². The molecule has 0 saturated heterocycles. The minimum absolute atomic E-state index is 0.0116. The van der Waals surface area contributed by atoms with Crippen molar-refractivity contribution in [3.05, 3.63) is 28.9 Å². The largest absolute Gasteiger partial charge is 0.485 e. The Labute approximate surface area is 93.0 Å². The highest BCUT2D eigenvalue weighted by Crippen LogP contribution is 2.30. The van der Waals surface area contributed by atoms with Gasteiger partial charge in [-0.1, -0.05) is 0 Å². The number of hydrogen-bond acceptors (Lipinski definition) is 4. The third-order valence-corrected chi connectivity index (χ3v) is 2.32. The molecule has 0 aliphatic carbocycles. The van der Waals surface area contributed by atoms with Crippen LogP contribution in [0.15, 0.2) is 23.4 Å². The second kappa shape index (κ2) is 4.57. The summed E-state index contributed by atoms with van der Waals surface area (Å²) in [7, 11) is 0. The zero-order valence-corrected chi connectivity index (χ0v) is 9.40. The summed E-state index contributed by atoms with van der Waals surface area (Å²) in [5.41, 5.74) is -1.08. The minimum Gasteiger partial charge on any atom is -0.485 e. The fraction of sp³-hybridized carbons (Fsp3) is 0.455. The highest BCUT2D eigenvalue weighted by atomic mass is 19.1. The maximum atomic E-state index is 12.9. The van der Waals surface area contributed by atoms with Crippen molar-refractivity contribution in [3.8, 4) is 5.75 Å². The molecule has 0 aliphatic rings. The van der Waals surface area contributed by atoms with Crippen LogP contribution in [-0.4, -0.2) is 16.8 Å². The van der Waals surface area contributed by atoms with Crippen LogP contribution in [0.5, 0.6) is 5.75 Å². The average molecular weight is 227 g/mol. The molecule has 0 saturated carbocycles. The van der Waals surface area contributed by atoms with Crippen LogP contribution in [0, 0.1) is 10.7 Å². The van der Waals surface area contributed by atoms with E-state index in [2.05, 4.69) is 5.18 Å². The molecule has 0 aliphatic heterocycles. The Morgan fingerprint density at radius 3 is 2.62 bits per heavy atom. The van der Waals surface area contributed by atoms with Crippen molar-refractivity contribution in [1.82, 2.24) is 0 Å². The summed E-state index contributed by atoms with van der Waals surface area (Å²) in [6.45, 7) is 4.75. The third kappa shape index (κ3) is 3.00. The molecule has 0 fully saturated rings. The molecule has 0 spiro atoms. The monoisotopic (exact) mass is 227 g/mol. The molecule has 1 atom stereocenters. The van der Waals surface area contributed by atoms with E-state index < -0.39 is 17.5 Å². The van der Waals surface area contributed by atoms with Gasteiger partial charge in [0.25, 0.3) is 0 Å². The van der Waals surface area contributed by atoms with Crippen molar-refractivity contribution in [2.45, 2.75) is 32.5 Å². The van der Waals surface area contributed by atoms with E-state index in [1.54, 1.807) is 20.8 Å². The van der Waals surface area contributed by atoms with E-state index in [1.165, 1.54) is 6.07 Å². The number of hydrogen-bond donors (Lipinski definition) is 1. The zero-order valence-electron chi connectivity index (χ0n) is 9.40. The predicted octanol–water partition coefficient (Wildman–Crippen LogP) is 2.76. The number of halogens is 1. The topological polar surface area (TPSA) is 58.9 Å². The van der Waals surface area contributed by atoms with Gasteiger partial charge in [-0.3, -0.25) is 0 Å². The van der Waals surface area contributed by atoms with Gasteiger partial charge in [-0.15, -0.1) is 4.91 Å². The maximum absolute atomic E-state index is 12.9. The molecule has 0 amide bonds. The number of ether oxygens (including phenoxy) is 1. The van der Waals surface area contributed by atoms with Crippen molar-refractivity contribution in [2.24, 2.45) is 5.18 Å². The molecule has 0 radical (unpaired) electrons. The lowest BCUT2D eigenvalue weighted by molar-refractivity contribution is -0.0239. The normalized spacial score (nSPS) is 13.3. The quantitative estimate of drug-likeness (QED) is 0.804. The molecular formula is C11H14FNO3. The van der Waals surface area contributed by atoms with Crippen molar-refractivity contribution in [2.75, 3.05) is 0 Å². The molecule has 0 aromatic heterocycles. The van der Waals surface area contributed by atoms with E-state index in [0.29, 0.717) is 0 Å². The molecule has 4 nitrogen and oxygen atoms in total. The Morgan fingerprint density at radius 1 is 1.50 bits per heavy atom. The first-order valence-corrected chi connectivity index (χ1v) is 4.86. The molecule has 1 aromatic rings. The highest BCUT2D eigenvalue weighted by Gasteiger charge is 2.25. The zero-order chi connectivity index (χ0) is 12.3. The van der Waals surface area contributed by atoms with Crippen LogP contribution in [0.3, 0.4) is 0 Å². The Kier molecular flexibility index (Phi) is 3.59. The molecule has 88 valence electrons. The second-order valence-corrected chi connectivity index (χ2v) is 4.12. The van der Waals surface area contributed by atoms with E-state index in [1.807, 2.05) is 0 Å². The van der Waals surface area contributed by atoms with Crippen LogP contribution in [0.4, 0.5) is 10.1 Å². The van der Waals surface area contributed by atoms with Gasteiger partial charge in [0.15, 0.2) is 5.75 Å². The number of benzene rings is 1. The van der Waals surface area contributed by atoms with E-state index >= 15 is 0 Å². The van der Waals surface area contributed by atoms with Crippen molar-refractivity contribution < 1.29 is 14.2 Å². The SMILES string of the molecule is CC(Oc1cc(F)ccc1N=O)C(C)(C)O. The molecular weight excluding hydrogens is 213 g/mol. The summed E-state index contributed by atoms with van der Waals surface area (Å²) < 4.78 is 18.2. The lowest BCUT2D eigenvalue weighted by atomic mass is 10.0. The summed E-state index contributed by atoms with van der Waals surface area (Å²) in [6, 6.07) is 3.42. The van der Waals surface area contributed by atoms with Crippen molar-refractivity contribution in [1.29, 1.82) is 0 Å². The first-order chi connectivity index (χ1) is 7.34. The van der Waals surface area contributed by atoms with E-state index in [4.69, 9.17) is 4.74 Å². The summed E-state index contributed by atoms with van der Waals surface area (Å²) in [5, 5.41) is 12.4. The average Bonchev–Trinajstić information content (AvgIpc) is 2.16. The second-order valence-electron chi connectivity index (χ2n) is 4.12. The van der Waals surface area contributed by atoms with Gasteiger partial charge in [-0.25, -0.2) is 4.39 Å². The van der Waals surface area contributed by atoms with E-state index in [-0.39, 0.29) is 11.4 Å². The maximum Gasteiger partial charge on any atom is 0.151 e. The molecule has 0 bridgehead atoms. The van der Waals surface area contributed by atoms with Crippen molar-refractivity contribution in [3.63, 3.8) is 0 Å². The van der Waals surface area contributed by atoms with Crippen LogP contribution in [-0.2, 0) is 0 Å². The summed E-state index contributed by atoms with van der Waals surface area (Å²) >= 11 is 0. The lowest BCUT2D eigenvalue weighted by Gasteiger charge is -2.26. The Balaban J connectivity index is 2.96. The molecule has 5 heteroatoms. The van der Waals surface area contributed by atoms with Gasteiger partial charge < -0.3 is 9.84 Å². The number of rotatable bonds is 4. The predicted molar refractivity (Wildman–Crippen MR) is 58.2 cm³/mol. The first-order valence-electron chi connectivity index (χ1n) is 4.86. The van der Waals surface area contributed by atoms with Gasteiger partial charge in [0.05, 0.1) is 5.60 Å². The van der Waals surface area contributed by atoms with Gasteiger partial charge in [-0.05, 0) is 38.1 Å². The molecule has 0 heterocycles. The van der Waals surface area contributed by atoms with Crippen LogP contribution in [0.2, 0.25) is 0 Å². The van der Waals surface area contributed by atoms with Gasteiger partial charge in [0, 0.05) is 6.07 Å². The van der Waals surface area contributed by atoms with E-state index in [0.717, 1.165) is 12.1 Å². The Morgan fingerprint density at radius 2 is 2.12 bits per heavy atom. The molecule has 1 unspecified atom stereocenters. The van der Waals surface area contributed by atoms with Gasteiger partial charge in [0.1, 0.15) is 17.6 Å². The first kappa shape index (κ1) is 12.6. The summed E-state index contributed by atoms with van der Waals surface area (Å²) in [5.74, 6) is -0.491. The van der Waals surface area contributed by atoms with Gasteiger partial charge in [0.2, 0.25) is 0 Å².